The summed E-state index contributed by atoms with van der Waals surface area (Å²) in [7, 11) is 0. The Hall–Kier alpha value is -1.08. The van der Waals surface area contributed by atoms with Gasteiger partial charge in [0.2, 0.25) is 0 Å². The molecule has 1 rings (SSSR count). The molecule has 0 atom stereocenters. The molecular formula is C8H5ClF3NO2S. The fourth-order valence-corrected chi connectivity index (χ4v) is 1.85. The van der Waals surface area contributed by atoms with E-state index in [2.05, 4.69) is 16.3 Å². The number of thiazole rings is 1. The number of esters is 1. The van der Waals surface area contributed by atoms with Gasteiger partial charge in [-0.1, -0.05) is 35.6 Å². The maximum Gasteiger partial charge on any atom is 0.435 e. The van der Waals surface area contributed by atoms with Crippen molar-refractivity contribution in [2.24, 2.45) is 0 Å². The smallest absolute Gasteiger partial charge is 0.435 e. The van der Waals surface area contributed by atoms with E-state index in [0.717, 1.165) is 0 Å². The molecule has 0 radical (unpaired) electrons. The average Bonchev–Trinajstić information content (AvgIpc) is 2.56. The Morgan fingerprint density at radius 2 is 2.25 bits per heavy atom. The summed E-state index contributed by atoms with van der Waals surface area (Å²) in [6.45, 7) is 3.09. The minimum atomic E-state index is -4.73. The Morgan fingerprint density at radius 3 is 2.75 bits per heavy atom. The summed E-state index contributed by atoms with van der Waals surface area (Å²) in [5.41, 5.74) is -1.32. The van der Waals surface area contributed by atoms with Gasteiger partial charge in [-0.05, 0) is 0 Å². The Bertz CT molecular complexity index is 416. The van der Waals surface area contributed by atoms with Crippen molar-refractivity contribution in [3.63, 3.8) is 0 Å². The molecule has 0 N–H and O–H groups in total. The summed E-state index contributed by atoms with van der Waals surface area (Å²) in [6, 6.07) is 0. The van der Waals surface area contributed by atoms with Crippen LogP contribution in [0.15, 0.2) is 12.7 Å². The van der Waals surface area contributed by atoms with Gasteiger partial charge >= 0.3 is 12.1 Å². The van der Waals surface area contributed by atoms with E-state index in [-0.39, 0.29) is 11.1 Å². The van der Waals surface area contributed by atoms with E-state index in [9.17, 15) is 18.0 Å². The highest BCUT2D eigenvalue weighted by Gasteiger charge is 2.40. The summed E-state index contributed by atoms with van der Waals surface area (Å²) in [5, 5.41) is 0. The minimum Gasteiger partial charge on any atom is -0.457 e. The molecule has 8 heteroatoms. The number of halogens is 4. The minimum absolute atomic E-state index is 0.175. The van der Waals surface area contributed by atoms with Gasteiger partial charge in [0.25, 0.3) is 0 Å². The van der Waals surface area contributed by atoms with Crippen LogP contribution in [0.2, 0.25) is 4.47 Å². The Labute approximate surface area is 97.5 Å². The molecule has 1 heterocycles. The lowest BCUT2D eigenvalue weighted by atomic mass is 10.3. The van der Waals surface area contributed by atoms with Gasteiger partial charge in [0.1, 0.15) is 11.5 Å². The lowest BCUT2D eigenvalue weighted by molar-refractivity contribution is -0.141. The number of hydrogen-bond donors (Lipinski definition) is 0. The highest BCUT2D eigenvalue weighted by atomic mass is 35.5. The zero-order valence-corrected chi connectivity index (χ0v) is 9.25. The average molecular weight is 272 g/mol. The molecule has 0 aliphatic rings. The normalized spacial score (nSPS) is 11.2. The quantitative estimate of drug-likeness (QED) is 0.626. The molecule has 3 nitrogen and oxygen atoms in total. The SMILES string of the molecule is C=CCOC(=O)c1sc(Cl)nc1C(F)(F)F. The van der Waals surface area contributed by atoms with Crippen molar-refractivity contribution < 1.29 is 22.7 Å². The number of aromatic nitrogens is 1. The van der Waals surface area contributed by atoms with E-state index in [1.54, 1.807) is 0 Å². The summed E-state index contributed by atoms with van der Waals surface area (Å²) < 4.78 is 41.3. The molecule has 0 saturated carbocycles. The molecule has 88 valence electrons. The van der Waals surface area contributed by atoms with Gasteiger partial charge in [0, 0.05) is 0 Å². The van der Waals surface area contributed by atoms with Crippen molar-refractivity contribution in [3.8, 4) is 0 Å². The Kier molecular flexibility index (Phi) is 3.93. The van der Waals surface area contributed by atoms with Crippen LogP contribution in [0.1, 0.15) is 15.4 Å². The topological polar surface area (TPSA) is 39.2 Å². The predicted molar refractivity (Wildman–Crippen MR) is 52.6 cm³/mol. The van der Waals surface area contributed by atoms with Crippen molar-refractivity contribution >= 4 is 28.9 Å². The second kappa shape index (κ2) is 4.84. The second-order valence-corrected chi connectivity index (χ2v) is 4.11. The van der Waals surface area contributed by atoms with Crippen molar-refractivity contribution in [1.29, 1.82) is 0 Å². The van der Waals surface area contributed by atoms with E-state index in [0.29, 0.717) is 11.3 Å². The number of carbonyl (C=O) groups excluding carboxylic acids is 1. The van der Waals surface area contributed by atoms with E-state index in [1.165, 1.54) is 6.08 Å². The standard InChI is InChI=1S/C8H5ClF3NO2S/c1-2-3-15-6(14)4-5(8(10,11)12)13-7(9)16-4/h2H,1,3H2. The largest absolute Gasteiger partial charge is 0.457 e. The molecule has 1 aromatic heterocycles. The van der Waals surface area contributed by atoms with Crippen molar-refractivity contribution in [1.82, 2.24) is 4.98 Å². The Balaban J connectivity index is 3.03. The maximum absolute atomic E-state index is 12.4. The van der Waals surface area contributed by atoms with Crippen LogP contribution < -0.4 is 0 Å². The number of hydrogen-bond acceptors (Lipinski definition) is 4. The number of nitrogens with zero attached hydrogens (tertiary/aromatic N) is 1. The van der Waals surface area contributed by atoms with Crippen molar-refractivity contribution in [3.05, 3.63) is 27.7 Å². The highest BCUT2D eigenvalue weighted by Crippen LogP contribution is 2.36. The summed E-state index contributed by atoms with van der Waals surface area (Å²) in [4.78, 5) is 13.6. The third-order valence-electron chi connectivity index (χ3n) is 1.39. The number of alkyl halides is 3. The molecule has 0 amide bonds. The first-order chi connectivity index (χ1) is 7.36. The van der Waals surface area contributed by atoms with E-state index in [4.69, 9.17) is 11.6 Å². The number of rotatable bonds is 3. The first-order valence-electron chi connectivity index (χ1n) is 3.87. The fraction of sp³-hybridized carbons (Fsp3) is 0.250. The number of ether oxygens (including phenoxy) is 1. The van der Waals surface area contributed by atoms with Gasteiger partial charge in [-0.25, -0.2) is 9.78 Å². The van der Waals surface area contributed by atoms with Crippen LogP contribution in [-0.4, -0.2) is 17.6 Å². The highest BCUT2D eigenvalue weighted by molar-refractivity contribution is 7.17. The molecule has 0 fully saturated rings. The second-order valence-electron chi connectivity index (χ2n) is 2.53. The molecular weight excluding hydrogens is 267 g/mol. The molecule has 0 saturated heterocycles. The lowest BCUT2D eigenvalue weighted by Gasteiger charge is -2.05. The molecule has 1 aromatic rings. The van der Waals surface area contributed by atoms with Crippen LogP contribution in [0.5, 0.6) is 0 Å². The van der Waals surface area contributed by atoms with Crippen molar-refractivity contribution in [2.75, 3.05) is 6.61 Å². The first kappa shape index (κ1) is 13.0. The van der Waals surface area contributed by atoms with E-state index >= 15 is 0 Å². The molecule has 0 spiro atoms. The predicted octanol–water partition coefficient (Wildman–Crippen LogP) is 3.16. The van der Waals surface area contributed by atoms with Gasteiger partial charge in [-0.15, -0.1) is 0 Å². The third-order valence-corrected chi connectivity index (χ3v) is 2.53. The zero-order chi connectivity index (χ0) is 12.3. The van der Waals surface area contributed by atoms with Gasteiger partial charge in [-0.3, -0.25) is 0 Å². The molecule has 0 bridgehead atoms. The van der Waals surface area contributed by atoms with Crippen molar-refractivity contribution in [2.45, 2.75) is 6.18 Å². The van der Waals surface area contributed by atoms with Gasteiger partial charge in [-0.2, -0.15) is 13.2 Å². The van der Waals surface area contributed by atoms with Crippen LogP contribution in [0.3, 0.4) is 0 Å². The van der Waals surface area contributed by atoms with Crippen LogP contribution >= 0.6 is 22.9 Å². The van der Waals surface area contributed by atoms with Gasteiger partial charge < -0.3 is 4.74 Å². The summed E-state index contributed by atoms with van der Waals surface area (Å²) >= 11 is 5.75. The molecule has 0 unspecified atom stereocenters. The maximum atomic E-state index is 12.4. The first-order valence-corrected chi connectivity index (χ1v) is 5.07. The zero-order valence-electron chi connectivity index (χ0n) is 7.68. The molecule has 0 aromatic carbocycles. The van der Waals surface area contributed by atoms with Crippen LogP contribution in [0, 0.1) is 0 Å². The third kappa shape index (κ3) is 2.96. The molecule has 0 aliphatic heterocycles. The van der Waals surface area contributed by atoms with Crippen LogP contribution in [-0.2, 0) is 10.9 Å². The fourth-order valence-electron chi connectivity index (χ4n) is 0.825. The van der Waals surface area contributed by atoms with Crippen LogP contribution in [0.4, 0.5) is 13.2 Å². The van der Waals surface area contributed by atoms with E-state index < -0.39 is 22.7 Å². The van der Waals surface area contributed by atoms with Gasteiger partial charge in [0.05, 0.1) is 0 Å². The Morgan fingerprint density at radius 1 is 1.62 bits per heavy atom. The summed E-state index contributed by atoms with van der Waals surface area (Å²) in [6.07, 6.45) is -3.49. The molecule has 0 aliphatic carbocycles. The number of carbonyl (C=O) groups is 1. The lowest BCUT2D eigenvalue weighted by Crippen LogP contribution is -2.13. The van der Waals surface area contributed by atoms with E-state index in [1.807, 2.05) is 0 Å². The monoisotopic (exact) mass is 271 g/mol. The summed E-state index contributed by atoms with van der Waals surface area (Å²) in [5.74, 6) is -1.11. The van der Waals surface area contributed by atoms with Gasteiger partial charge in [0.15, 0.2) is 10.2 Å². The molecule has 16 heavy (non-hydrogen) atoms. The van der Waals surface area contributed by atoms with Crippen LogP contribution in [0.25, 0.3) is 0 Å².